The van der Waals surface area contributed by atoms with E-state index >= 15 is 0 Å². The van der Waals surface area contributed by atoms with Gasteiger partial charge in [-0.3, -0.25) is 13.9 Å². The first kappa shape index (κ1) is 24.4. The van der Waals surface area contributed by atoms with Gasteiger partial charge in [0.1, 0.15) is 18.0 Å². The van der Waals surface area contributed by atoms with Crippen LogP contribution < -0.4 is 19.5 Å². The second kappa shape index (κ2) is 10.1. The Morgan fingerprint density at radius 2 is 1.70 bits per heavy atom. The third-order valence-electron chi connectivity index (χ3n) is 5.79. The van der Waals surface area contributed by atoms with Gasteiger partial charge in [0, 0.05) is 25.1 Å². The largest absolute Gasteiger partial charge is 0.497 e. The molecule has 0 spiro atoms. The molecule has 0 radical (unpaired) electrons. The van der Waals surface area contributed by atoms with Crippen molar-refractivity contribution < 1.29 is 27.5 Å². The van der Waals surface area contributed by atoms with Crippen molar-refractivity contribution in [2.45, 2.75) is 24.7 Å². The zero-order valence-electron chi connectivity index (χ0n) is 19.0. The third-order valence-corrected chi connectivity index (χ3v) is 7.57. The Bertz CT molecular complexity index is 1110. The smallest absolute Gasteiger partial charge is 0.264 e. The predicted octanol–water partition coefficient (Wildman–Crippen LogP) is 1.93. The molecule has 1 saturated heterocycles. The Hall–Kier alpha value is -3.27. The molecule has 0 aromatic heterocycles. The number of amides is 2. The number of nitrogens with two attached hydrogens (primary N) is 1. The molecule has 178 valence electrons. The fraction of sp³-hybridized carbons (Fsp3) is 0.391. The van der Waals surface area contributed by atoms with E-state index in [1.54, 1.807) is 29.2 Å². The molecule has 0 atom stereocenters. The zero-order valence-corrected chi connectivity index (χ0v) is 19.8. The lowest BCUT2D eigenvalue weighted by Crippen LogP contribution is -2.47. The highest BCUT2D eigenvalue weighted by atomic mass is 32.2. The van der Waals surface area contributed by atoms with Crippen LogP contribution in [0.15, 0.2) is 47.4 Å². The van der Waals surface area contributed by atoms with Crippen molar-refractivity contribution in [2.75, 3.05) is 38.2 Å². The molecular formula is C23H29N3O6S. The van der Waals surface area contributed by atoms with Crippen LogP contribution in [-0.4, -0.2) is 59.0 Å². The number of aryl methyl sites for hydroxylation is 1. The van der Waals surface area contributed by atoms with Crippen LogP contribution in [0.25, 0.3) is 0 Å². The lowest BCUT2D eigenvalue weighted by Gasteiger charge is -2.33. The Labute approximate surface area is 194 Å². The SMILES string of the molecule is COc1ccc(OC)c(N(CC(=O)N2CCC(C(N)=O)CC2)S(=O)(=O)c2ccc(C)cc2)c1. The number of ether oxygens (including phenoxy) is 2. The minimum Gasteiger partial charge on any atom is -0.497 e. The molecule has 2 N–H and O–H groups in total. The molecule has 33 heavy (non-hydrogen) atoms. The normalized spacial score (nSPS) is 14.6. The van der Waals surface area contributed by atoms with Gasteiger partial charge in [-0.15, -0.1) is 0 Å². The molecule has 1 heterocycles. The summed E-state index contributed by atoms with van der Waals surface area (Å²) in [4.78, 5) is 26.2. The maximum atomic E-state index is 13.7. The minimum atomic E-state index is -4.11. The quantitative estimate of drug-likeness (QED) is 0.623. The van der Waals surface area contributed by atoms with Crippen molar-refractivity contribution in [3.05, 3.63) is 48.0 Å². The molecule has 0 saturated carbocycles. The summed E-state index contributed by atoms with van der Waals surface area (Å²) in [6.07, 6.45) is 0.905. The molecular weight excluding hydrogens is 446 g/mol. The number of carbonyl (C=O) groups excluding carboxylic acids is 2. The van der Waals surface area contributed by atoms with Gasteiger partial charge in [0.25, 0.3) is 10.0 Å². The highest BCUT2D eigenvalue weighted by molar-refractivity contribution is 7.92. The fourth-order valence-corrected chi connectivity index (χ4v) is 5.18. The Kier molecular flexibility index (Phi) is 7.47. The highest BCUT2D eigenvalue weighted by Crippen LogP contribution is 2.36. The summed E-state index contributed by atoms with van der Waals surface area (Å²) in [5.41, 5.74) is 6.48. The molecule has 2 amide bonds. The zero-order chi connectivity index (χ0) is 24.2. The van der Waals surface area contributed by atoms with E-state index in [2.05, 4.69) is 0 Å². The van der Waals surface area contributed by atoms with Gasteiger partial charge in [-0.25, -0.2) is 8.42 Å². The van der Waals surface area contributed by atoms with Crippen LogP contribution in [0.4, 0.5) is 5.69 Å². The van der Waals surface area contributed by atoms with E-state index < -0.39 is 16.6 Å². The topological polar surface area (TPSA) is 119 Å². The van der Waals surface area contributed by atoms with Gasteiger partial charge < -0.3 is 20.1 Å². The Morgan fingerprint density at radius 3 is 2.24 bits per heavy atom. The first-order valence-electron chi connectivity index (χ1n) is 10.6. The maximum Gasteiger partial charge on any atom is 0.264 e. The van der Waals surface area contributed by atoms with Crippen molar-refractivity contribution in [3.8, 4) is 11.5 Å². The number of likely N-dealkylation sites (tertiary alicyclic amines) is 1. The molecule has 10 heteroatoms. The van der Waals surface area contributed by atoms with Crippen LogP contribution in [0.2, 0.25) is 0 Å². The number of nitrogens with zero attached hydrogens (tertiary/aromatic N) is 2. The van der Waals surface area contributed by atoms with E-state index in [-0.39, 0.29) is 34.1 Å². The number of piperidine rings is 1. The molecule has 1 fully saturated rings. The minimum absolute atomic E-state index is 0.0539. The van der Waals surface area contributed by atoms with Crippen molar-refractivity contribution in [2.24, 2.45) is 11.7 Å². The van der Waals surface area contributed by atoms with E-state index in [0.29, 0.717) is 31.7 Å². The van der Waals surface area contributed by atoms with E-state index in [4.69, 9.17) is 15.2 Å². The number of hydrogen-bond donors (Lipinski definition) is 1. The van der Waals surface area contributed by atoms with E-state index in [1.165, 1.54) is 32.4 Å². The van der Waals surface area contributed by atoms with Gasteiger partial charge in [0.2, 0.25) is 11.8 Å². The van der Waals surface area contributed by atoms with Crippen LogP contribution in [0.1, 0.15) is 18.4 Å². The number of rotatable bonds is 8. The molecule has 1 aliphatic rings. The summed E-state index contributed by atoms with van der Waals surface area (Å²) in [6.45, 7) is 2.10. The number of hydrogen-bond acceptors (Lipinski definition) is 6. The van der Waals surface area contributed by atoms with Crippen molar-refractivity contribution in [1.82, 2.24) is 4.90 Å². The first-order valence-corrected chi connectivity index (χ1v) is 12.0. The van der Waals surface area contributed by atoms with Gasteiger partial charge in [-0.05, 0) is 44.0 Å². The number of benzene rings is 2. The van der Waals surface area contributed by atoms with Crippen LogP contribution in [0.3, 0.4) is 0 Å². The average molecular weight is 476 g/mol. The van der Waals surface area contributed by atoms with Gasteiger partial charge in [-0.1, -0.05) is 17.7 Å². The molecule has 3 rings (SSSR count). The number of sulfonamides is 1. The van der Waals surface area contributed by atoms with Gasteiger partial charge >= 0.3 is 0 Å². The molecule has 0 bridgehead atoms. The Balaban J connectivity index is 1.99. The third kappa shape index (κ3) is 5.39. The second-order valence-corrected chi connectivity index (χ2v) is 9.78. The summed E-state index contributed by atoms with van der Waals surface area (Å²) in [7, 11) is -1.21. The van der Waals surface area contributed by atoms with Crippen molar-refractivity contribution in [3.63, 3.8) is 0 Å². The monoisotopic (exact) mass is 475 g/mol. The van der Waals surface area contributed by atoms with Crippen molar-refractivity contribution >= 4 is 27.5 Å². The van der Waals surface area contributed by atoms with Gasteiger partial charge in [0.15, 0.2) is 0 Å². The molecule has 0 unspecified atom stereocenters. The second-order valence-electron chi connectivity index (χ2n) is 7.92. The van der Waals surface area contributed by atoms with Crippen LogP contribution >= 0.6 is 0 Å². The fourth-order valence-electron chi connectivity index (χ4n) is 3.77. The first-order chi connectivity index (χ1) is 15.7. The Morgan fingerprint density at radius 1 is 1.06 bits per heavy atom. The van der Waals surface area contributed by atoms with Crippen molar-refractivity contribution in [1.29, 1.82) is 0 Å². The lowest BCUT2D eigenvalue weighted by molar-refractivity contribution is -0.133. The maximum absolute atomic E-state index is 13.7. The summed E-state index contributed by atoms with van der Waals surface area (Å²) in [5.74, 6) is -0.332. The van der Waals surface area contributed by atoms with Crippen LogP contribution in [0, 0.1) is 12.8 Å². The standard InChI is InChI=1S/C23H29N3O6S/c1-16-4-7-19(8-5-16)33(29,30)26(20-14-18(31-2)6-9-21(20)32-3)15-22(27)25-12-10-17(11-13-25)23(24)28/h4-9,14,17H,10-13,15H2,1-3H3,(H2,24,28). The lowest BCUT2D eigenvalue weighted by atomic mass is 9.96. The molecule has 1 aliphatic heterocycles. The summed E-state index contributed by atoms with van der Waals surface area (Å²) < 4.78 is 39.1. The summed E-state index contributed by atoms with van der Waals surface area (Å²) >= 11 is 0. The molecule has 2 aromatic rings. The number of methoxy groups -OCH3 is 2. The summed E-state index contributed by atoms with van der Waals surface area (Å²) in [6, 6.07) is 11.2. The highest BCUT2D eigenvalue weighted by Gasteiger charge is 2.33. The number of carbonyl (C=O) groups is 2. The van der Waals surface area contributed by atoms with Crippen LogP contribution in [-0.2, 0) is 19.6 Å². The molecule has 9 nitrogen and oxygen atoms in total. The van der Waals surface area contributed by atoms with E-state index in [0.717, 1.165) is 9.87 Å². The average Bonchev–Trinajstić information content (AvgIpc) is 2.82. The number of anilines is 1. The van der Waals surface area contributed by atoms with Gasteiger partial charge in [-0.2, -0.15) is 0 Å². The predicted molar refractivity (Wildman–Crippen MR) is 124 cm³/mol. The van der Waals surface area contributed by atoms with Crippen LogP contribution in [0.5, 0.6) is 11.5 Å². The summed E-state index contributed by atoms with van der Waals surface area (Å²) in [5, 5.41) is 0. The molecule has 0 aliphatic carbocycles. The molecule has 2 aromatic carbocycles. The number of primary amides is 1. The van der Waals surface area contributed by atoms with E-state index in [9.17, 15) is 18.0 Å². The van der Waals surface area contributed by atoms with E-state index in [1.807, 2.05) is 6.92 Å². The van der Waals surface area contributed by atoms with Gasteiger partial charge in [0.05, 0.1) is 24.8 Å².